The van der Waals surface area contributed by atoms with Gasteiger partial charge in [0.2, 0.25) is 0 Å². The Morgan fingerprint density at radius 1 is 1.15 bits per heavy atom. The Bertz CT molecular complexity index is 794. The van der Waals surface area contributed by atoms with Crippen LogP contribution in [0.25, 0.3) is 0 Å². The number of amides is 1. The first-order chi connectivity index (χ1) is 12.6. The highest BCUT2D eigenvalue weighted by Crippen LogP contribution is 2.48. The van der Waals surface area contributed by atoms with Gasteiger partial charge in [-0.15, -0.1) is 0 Å². The second-order valence-electron chi connectivity index (χ2n) is 7.55. The topological polar surface area (TPSA) is 38.3 Å². The largest absolute Gasteiger partial charge is 0.366 e. The molecule has 1 aliphatic heterocycles. The number of benzene rings is 2. The molecule has 4 heteroatoms. The molecule has 0 aromatic heterocycles. The van der Waals surface area contributed by atoms with Crippen LogP contribution in [0.4, 0.5) is 0 Å². The monoisotopic (exact) mass is 369 g/mol. The van der Waals surface area contributed by atoms with Crippen LogP contribution in [0, 0.1) is 5.92 Å². The molecule has 2 aromatic rings. The molecule has 0 saturated heterocycles. The van der Waals surface area contributed by atoms with E-state index < -0.39 is 0 Å². The molecular weight excluding hydrogens is 346 g/mol. The summed E-state index contributed by atoms with van der Waals surface area (Å²) in [4.78, 5) is 12.4. The van der Waals surface area contributed by atoms with Crippen molar-refractivity contribution >= 4 is 17.5 Å². The normalized spacial score (nSPS) is 25.7. The lowest BCUT2D eigenvalue weighted by atomic mass is 9.73. The molecule has 26 heavy (non-hydrogen) atoms. The fraction of sp³-hybridized carbons (Fsp3) is 0.409. The lowest BCUT2D eigenvalue weighted by molar-refractivity contribution is -0.0743. The molecule has 1 saturated carbocycles. The van der Waals surface area contributed by atoms with E-state index in [2.05, 4.69) is 36.5 Å². The average Bonchev–Trinajstić information content (AvgIpc) is 3.01. The maximum Gasteiger partial charge on any atom is 0.251 e. The van der Waals surface area contributed by atoms with Gasteiger partial charge >= 0.3 is 0 Å². The van der Waals surface area contributed by atoms with Crippen molar-refractivity contribution in [2.75, 3.05) is 0 Å². The van der Waals surface area contributed by atoms with Crippen LogP contribution in [-0.2, 0) is 16.9 Å². The van der Waals surface area contributed by atoms with Crippen LogP contribution >= 0.6 is 11.6 Å². The van der Waals surface area contributed by atoms with E-state index >= 15 is 0 Å². The van der Waals surface area contributed by atoms with E-state index in [1.807, 2.05) is 0 Å². The van der Waals surface area contributed by atoms with Crippen molar-refractivity contribution in [3.8, 4) is 0 Å². The van der Waals surface area contributed by atoms with Gasteiger partial charge in [-0.1, -0.05) is 35.9 Å². The van der Waals surface area contributed by atoms with Gasteiger partial charge in [-0.2, -0.15) is 0 Å². The van der Waals surface area contributed by atoms with Crippen LogP contribution in [0.1, 0.15) is 54.1 Å². The minimum absolute atomic E-state index is 0.0306. The summed E-state index contributed by atoms with van der Waals surface area (Å²) in [5, 5.41) is 3.80. The summed E-state index contributed by atoms with van der Waals surface area (Å²) >= 11 is 5.90. The van der Waals surface area contributed by atoms with Crippen LogP contribution in [0.3, 0.4) is 0 Å². The third kappa shape index (κ3) is 3.26. The number of hydrogen-bond acceptors (Lipinski definition) is 2. The molecule has 0 bridgehead atoms. The molecule has 1 amide bonds. The van der Waals surface area contributed by atoms with Crippen molar-refractivity contribution < 1.29 is 9.53 Å². The number of nitrogens with one attached hydrogen (secondary N) is 1. The highest BCUT2D eigenvalue weighted by molar-refractivity contribution is 6.30. The fourth-order valence-corrected chi connectivity index (χ4v) is 4.54. The van der Waals surface area contributed by atoms with Crippen LogP contribution in [0.2, 0.25) is 5.02 Å². The van der Waals surface area contributed by atoms with Crippen LogP contribution < -0.4 is 5.32 Å². The minimum Gasteiger partial charge on any atom is -0.366 e. The third-order valence-corrected chi connectivity index (χ3v) is 6.27. The van der Waals surface area contributed by atoms with E-state index in [1.54, 1.807) is 24.3 Å². The Morgan fingerprint density at radius 3 is 2.58 bits per heavy atom. The Balaban J connectivity index is 1.37. The molecule has 1 N–H and O–H groups in total. The molecule has 1 unspecified atom stereocenters. The average molecular weight is 370 g/mol. The van der Waals surface area contributed by atoms with E-state index in [4.69, 9.17) is 16.3 Å². The number of fused-ring (bicyclic) bond motifs is 2. The predicted molar refractivity (Wildman–Crippen MR) is 103 cm³/mol. The van der Waals surface area contributed by atoms with Gasteiger partial charge in [0.15, 0.2) is 0 Å². The predicted octanol–water partition coefficient (Wildman–Crippen LogP) is 5.07. The summed E-state index contributed by atoms with van der Waals surface area (Å²) in [7, 11) is 0. The number of halogens is 1. The molecule has 136 valence electrons. The molecule has 2 aromatic carbocycles. The molecule has 1 spiro atoms. The maximum absolute atomic E-state index is 12.4. The van der Waals surface area contributed by atoms with Crippen LogP contribution in [-0.4, -0.2) is 11.9 Å². The first-order valence-electron chi connectivity index (χ1n) is 9.36. The number of hydrogen-bond donors (Lipinski definition) is 1. The third-order valence-electron chi connectivity index (χ3n) is 6.02. The van der Waals surface area contributed by atoms with E-state index in [0.29, 0.717) is 16.5 Å². The van der Waals surface area contributed by atoms with E-state index in [9.17, 15) is 4.79 Å². The van der Waals surface area contributed by atoms with E-state index in [-0.39, 0.29) is 17.6 Å². The van der Waals surface area contributed by atoms with Gasteiger partial charge in [-0.3, -0.25) is 4.79 Å². The Hall–Kier alpha value is -1.84. The summed E-state index contributed by atoms with van der Waals surface area (Å²) in [5.74, 6) is 0.449. The van der Waals surface area contributed by atoms with E-state index in [0.717, 1.165) is 32.3 Å². The van der Waals surface area contributed by atoms with Crippen molar-refractivity contribution in [2.24, 2.45) is 5.92 Å². The number of rotatable bonds is 3. The Kier molecular flexibility index (Phi) is 4.76. The Morgan fingerprint density at radius 2 is 1.85 bits per heavy atom. The zero-order valence-corrected chi connectivity index (χ0v) is 15.8. The number of carbonyl (C=O) groups excluding carboxylic acids is 1. The molecule has 1 atom stereocenters. The summed E-state index contributed by atoms with van der Waals surface area (Å²) < 4.78 is 6.24. The zero-order chi connectivity index (χ0) is 18.1. The summed E-state index contributed by atoms with van der Waals surface area (Å²) in [5.41, 5.74) is 3.25. The van der Waals surface area contributed by atoms with Crippen molar-refractivity contribution in [1.29, 1.82) is 0 Å². The first-order valence-corrected chi connectivity index (χ1v) is 9.74. The molecule has 2 aliphatic rings. The second-order valence-corrected chi connectivity index (χ2v) is 7.98. The molecule has 0 radical (unpaired) electrons. The quantitative estimate of drug-likeness (QED) is 0.819. The van der Waals surface area contributed by atoms with Gasteiger partial charge in [-0.05, 0) is 73.9 Å². The van der Waals surface area contributed by atoms with Crippen molar-refractivity contribution in [3.05, 3.63) is 70.2 Å². The van der Waals surface area contributed by atoms with Gasteiger partial charge < -0.3 is 10.1 Å². The summed E-state index contributed by atoms with van der Waals surface area (Å²) in [6.07, 6.45) is 4.18. The smallest absolute Gasteiger partial charge is 0.251 e. The van der Waals surface area contributed by atoms with Crippen LogP contribution in [0.15, 0.2) is 48.5 Å². The first kappa shape index (κ1) is 17.6. The van der Waals surface area contributed by atoms with Crippen molar-refractivity contribution in [1.82, 2.24) is 5.32 Å². The van der Waals surface area contributed by atoms with E-state index in [1.165, 1.54) is 11.1 Å². The van der Waals surface area contributed by atoms with Gasteiger partial charge in [0, 0.05) is 16.6 Å². The lowest BCUT2D eigenvalue weighted by Gasteiger charge is -2.39. The minimum atomic E-state index is -0.104. The molecule has 1 heterocycles. The van der Waals surface area contributed by atoms with Crippen LogP contribution in [0.5, 0.6) is 0 Å². The standard InChI is InChI=1S/C22H24ClNO2/c1-15(24-21(25)17-6-8-19(23)9-7-17)16-10-12-22(13-11-16)20-5-3-2-4-18(20)14-26-22/h2-9,15-16H,10-14H2,1H3,(H,24,25)/t15?,16-,22+. The lowest BCUT2D eigenvalue weighted by Crippen LogP contribution is -2.42. The molecule has 3 nitrogen and oxygen atoms in total. The molecular formula is C22H24ClNO2. The summed E-state index contributed by atoms with van der Waals surface area (Å²) in [6, 6.07) is 15.8. The van der Waals surface area contributed by atoms with Gasteiger partial charge in [0.1, 0.15) is 0 Å². The van der Waals surface area contributed by atoms with Gasteiger partial charge in [-0.25, -0.2) is 0 Å². The molecule has 1 fully saturated rings. The maximum atomic E-state index is 12.4. The zero-order valence-electron chi connectivity index (χ0n) is 15.0. The highest BCUT2D eigenvalue weighted by atomic mass is 35.5. The van der Waals surface area contributed by atoms with Gasteiger partial charge in [0.05, 0.1) is 12.2 Å². The Labute approximate surface area is 159 Å². The number of carbonyl (C=O) groups is 1. The molecule has 4 rings (SSSR count). The van der Waals surface area contributed by atoms with Gasteiger partial charge in [0.25, 0.3) is 5.91 Å². The molecule has 1 aliphatic carbocycles. The SMILES string of the molecule is CC(NC(=O)c1ccc(Cl)cc1)[C@H]1CC[C@]2(CC1)OCc1ccccc12. The van der Waals surface area contributed by atoms with Crippen molar-refractivity contribution in [3.63, 3.8) is 0 Å². The summed E-state index contributed by atoms with van der Waals surface area (Å²) in [6.45, 7) is 2.84. The second kappa shape index (κ2) is 7.05. The van der Waals surface area contributed by atoms with Crippen molar-refractivity contribution in [2.45, 2.75) is 50.9 Å². The fourth-order valence-electron chi connectivity index (χ4n) is 4.41. The highest BCUT2D eigenvalue weighted by Gasteiger charge is 2.43. The number of ether oxygens (including phenoxy) is 1.